The van der Waals surface area contributed by atoms with Crippen LogP contribution in [0.4, 0.5) is 5.69 Å². The van der Waals surface area contributed by atoms with Gasteiger partial charge < -0.3 is 10.1 Å². The summed E-state index contributed by atoms with van der Waals surface area (Å²) >= 11 is 6.03. The Morgan fingerprint density at radius 2 is 2.00 bits per heavy atom. The van der Waals surface area contributed by atoms with Crippen molar-refractivity contribution in [1.82, 2.24) is 4.90 Å². The second-order valence-corrected chi connectivity index (χ2v) is 6.14. The normalized spacial score (nSPS) is 10.4. The second kappa shape index (κ2) is 9.07. The SMILES string of the molecule is COc1ccc(Cl)cc1CN(C)CC(=O)Nc1ccc(CC#N)cc1. The molecular weight excluding hydrogens is 338 g/mol. The number of nitrogens with zero attached hydrogens (tertiary/aromatic N) is 2. The van der Waals surface area contributed by atoms with Crippen LogP contribution < -0.4 is 10.1 Å². The Labute approximate surface area is 152 Å². The highest BCUT2D eigenvalue weighted by Gasteiger charge is 2.11. The van der Waals surface area contributed by atoms with E-state index in [0.29, 0.717) is 23.7 Å². The monoisotopic (exact) mass is 357 g/mol. The lowest BCUT2D eigenvalue weighted by Crippen LogP contribution is -2.30. The fourth-order valence-corrected chi connectivity index (χ4v) is 2.66. The van der Waals surface area contributed by atoms with E-state index < -0.39 is 0 Å². The number of rotatable bonds is 7. The molecule has 0 atom stereocenters. The van der Waals surface area contributed by atoms with Crippen LogP contribution in [0.1, 0.15) is 11.1 Å². The standard InChI is InChI=1S/C19H20ClN3O2/c1-23(12-15-11-16(20)5-8-18(15)25-2)13-19(24)22-17-6-3-14(4-7-17)9-10-21/h3-8,11H,9,12-13H2,1-2H3,(H,22,24). The Hall–Kier alpha value is -2.55. The zero-order valence-corrected chi connectivity index (χ0v) is 15.0. The molecule has 0 fully saturated rings. The first-order chi connectivity index (χ1) is 12.0. The molecule has 0 unspecified atom stereocenters. The van der Waals surface area contributed by atoms with Crippen LogP contribution >= 0.6 is 11.6 Å². The van der Waals surface area contributed by atoms with Crippen LogP contribution in [-0.4, -0.2) is 31.5 Å². The molecule has 6 heteroatoms. The summed E-state index contributed by atoms with van der Waals surface area (Å²) in [4.78, 5) is 14.1. The largest absolute Gasteiger partial charge is 0.496 e. The van der Waals surface area contributed by atoms with Crippen molar-refractivity contribution in [3.63, 3.8) is 0 Å². The summed E-state index contributed by atoms with van der Waals surface area (Å²) in [5.41, 5.74) is 2.55. The number of amides is 1. The van der Waals surface area contributed by atoms with Crippen LogP contribution in [0.5, 0.6) is 5.75 Å². The van der Waals surface area contributed by atoms with Gasteiger partial charge in [0.05, 0.1) is 26.1 Å². The van der Waals surface area contributed by atoms with Crippen molar-refractivity contribution in [1.29, 1.82) is 5.26 Å². The highest BCUT2D eigenvalue weighted by molar-refractivity contribution is 6.30. The zero-order chi connectivity index (χ0) is 18.2. The molecule has 0 aliphatic rings. The van der Waals surface area contributed by atoms with E-state index in [0.717, 1.165) is 16.9 Å². The third kappa shape index (κ3) is 5.79. The van der Waals surface area contributed by atoms with E-state index in [4.69, 9.17) is 21.6 Å². The number of hydrogen-bond acceptors (Lipinski definition) is 4. The van der Waals surface area contributed by atoms with Crippen molar-refractivity contribution in [3.8, 4) is 11.8 Å². The van der Waals surface area contributed by atoms with Crippen LogP contribution in [0.3, 0.4) is 0 Å². The zero-order valence-electron chi connectivity index (χ0n) is 14.3. The lowest BCUT2D eigenvalue weighted by Gasteiger charge is -2.18. The number of hydrogen-bond donors (Lipinski definition) is 1. The molecule has 0 aliphatic heterocycles. The number of nitriles is 1. The Kier molecular flexibility index (Phi) is 6.81. The van der Waals surface area contributed by atoms with E-state index in [-0.39, 0.29) is 12.5 Å². The number of methoxy groups -OCH3 is 1. The van der Waals surface area contributed by atoms with Gasteiger partial charge in [-0.05, 0) is 42.9 Å². The third-order valence-electron chi connectivity index (χ3n) is 3.62. The van der Waals surface area contributed by atoms with Gasteiger partial charge in [-0.25, -0.2) is 0 Å². The quantitative estimate of drug-likeness (QED) is 0.823. The molecule has 0 saturated carbocycles. The predicted octanol–water partition coefficient (Wildman–Crippen LogP) is 3.49. The molecule has 0 aromatic heterocycles. The molecular formula is C19H20ClN3O2. The van der Waals surface area contributed by atoms with Gasteiger partial charge in [0, 0.05) is 22.8 Å². The third-order valence-corrected chi connectivity index (χ3v) is 3.85. The maximum Gasteiger partial charge on any atom is 0.238 e. The summed E-state index contributed by atoms with van der Waals surface area (Å²) < 4.78 is 5.32. The van der Waals surface area contributed by atoms with E-state index in [1.807, 2.05) is 36.2 Å². The number of carbonyl (C=O) groups excluding carboxylic acids is 1. The lowest BCUT2D eigenvalue weighted by atomic mass is 10.1. The van der Waals surface area contributed by atoms with Crippen LogP contribution in [0.2, 0.25) is 5.02 Å². The summed E-state index contributed by atoms with van der Waals surface area (Å²) in [7, 11) is 3.46. The number of anilines is 1. The van der Waals surface area contributed by atoms with Gasteiger partial charge in [-0.1, -0.05) is 23.7 Å². The van der Waals surface area contributed by atoms with Crippen molar-refractivity contribution in [2.75, 3.05) is 26.0 Å². The highest BCUT2D eigenvalue weighted by atomic mass is 35.5. The van der Waals surface area contributed by atoms with Crippen molar-refractivity contribution in [2.24, 2.45) is 0 Å². The summed E-state index contributed by atoms with van der Waals surface area (Å²) in [6.07, 6.45) is 0.360. The van der Waals surface area contributed by atoms with Crippen LogP contribution in [0.25, 0.3) is 0 Å². The van der Waals surface area contributed by atoms with Gasteiger partial charge in [-0.3, -0.25) is 9.69 Å². The Morgan fingerprint density at radius 1 is 1.28 bits per heavy atom. The van der Waals surface area contributed by atoms with Gasteiger partial charge in [0.1, 0.15) is 5.75 Å². The van der Waals surface area contributed by atoms with Crippen LogP contribution in [0, 0.1) is 11.3 Å². The molecule has 5 nitrogen and oxygen atoms in total. The van der Waals surface area contributed by atoms with Crippen molar-refractivity contribution >= 4 is 23.2 Å². The summed E-state index contributed by atoms with van der Waals surface area (Å²) in [5.74, 6) is 0.626. The summed E-state index contributed by atoms with van der Waals surface area (Å²) in [5, 5.41) is 12.1. The van der Waals surface area contributed by atoms with E-state index in [2.05, 4.69) is 11.4 Å². The predicted molar refractivity (Wildman–Crippen MR) is 98.7 cm³/mol. The molecule has 2 aromatic carbocycles. The van der Waals surface area contributed by atoms with E-state index >= 15 is 0 Å². The molecule has 1 N–H and O–H groups in total. The molecule has 0 saturated heterocycles. The number of halogens is 1. The fraction of sp³-hybridized carbons (Fsp3) is 0.263. The highest BCUT2D eigenvalue weighted by Crippen LogP contribution is 2.23. The number of nitrogens with one attached hydrogen (secondary N) is 1. The number of carbonyl (C=O) groups is 1. The maximum absolute atomic E-state index is 12.2. The molecule has 0 bridgehead atoms. The molecule has 2 rings (SSSR count). The summed E-state index contributed by atoms with van der Waals surface area (Å²) in [6.45, 7) is 0.772. The number of likely N-dealkylation sites (N-methyl/N-ethyl adjacent to an activating group) is 1. The molecule has 25 heavy (non-hydrogen) atoms. The van der Waals surface area contributed by atoms with Gasteiger partial charge in [-0.2, -0.15) is 5.26 Å². The van der Waals surface area contributed by atoms with E-state index in [1.54, 1.807) is 25.3 Å². The van der Waals surface area contributed by atoms with Gasteiger partial charge in [-0.15, -0.1) is 0 Å². The van der Waals surface area contributed by atoms with Gasteiger partial charge >= 0.3 is 0 Å². The Bertz CT molecular complexity index is 769. The molecule has 1 amide bonds. The maximum atomic E-state index is 12.2. The topological polar surface area (TPSA) is 65.4 Å². The van der Waals surface area contributed by atoms with Gasteiger partial charge in [0.2, 0.25) is 5.91 Å². The van der Waals surface area contributed by atoms with E-state index in [1.165, 1.54) is 0 Å². The minimum absolute atomic E-state index is 0.114. The first kappa shape index (κ1) is 18.8. The molecule has 0 heterocycles. The molecule has 2 aromatic rings. The second-order valence-electron chi connectivity index (χ2n) is 5.71. The lowest BCUT2D eigenvalue weighted by molar-refractivity contribution is -0.117. The van der Waals surface area contributed by atoms with Crippen molar-refractivity contribution in [3.05, 3.63) is 58.6 Å². The number of benzene rings is 2. The minimum Gasteiger partial charge on any atom is -0.496 e. The molecule has 130 valence electrons. The van der Waals surface area contributed by atoms with Crippen LogP contribution in [-0.2, 0) is 17.8 Å². The first-order valence-electron chi connectivity index (χ1n) is 7.78. The molecule has 0 spiro atoms. The van der Waals surface area contributed by atoms with E-state index in [9.17, 15) is 4.79 Å². The molecule has 0 radical (unpaired) electrons. The Balaban J connectivity index is 1.92. The fourth-order valence-electron chi connectivity index (χ4n) is 2.46. The van der Waals surface area contributed by atoms with Gasteiger partial charge in [0.15, 0.2) is 0 Å². The van der Waals surface area contributed by atoms with Crippen molar-refractivity contribution in [2.45, 2.75) is 13.0 Å². The number of ether oxygens (including phenoxy) is 1. The average Bonchev–Trinajstić information content (AvgIpc) is 2.57. The minimum atomic E-state index is -0.114. The smallest absolute Gasteiger partial charge is 0.238 e. The first-order valence-corrected chi connectivity index (χ1v) is 8.16. The van der Waals surface area contributed by atoms with Gasteiger partial charge in [0.25, 0.3) is 0 Å². The van der Waals surface area contributed by atoms with Crippen molar-refractivity contribution < 1.29 is 9.53 Å². The van der Waals surface area contributed by atoms with Crippen LogP contribution in [0.15, 0.2) is 42.5 Å². The molecule has 0 aliphatic carbocycles. The Morgan fingerprint density at radius 3 is 2.64 bits per heavy atom. The summed E-state index contributed by atoms with van der Waals surface area (Å²) in [6, 6.07) is 14.8. The average molecular weight is 358 g/mol.